The maximum atomic E-state index is 12.0. The van der Waals surface area contributed by atoms with E-state index in [9.17, 15) is 9.59 Å². The van der Waals surface area contributed by atoms with Crippen LogP contribution in [0.1, 0.15) is 36.3 Å². The zero-order valence-electron chi connectivity index (χ0n) is 11.4. The number of carbonyl (C=O) groups excluding carboxylic acids is 1. The number of rotatable bonds is 6. The molecule has 1 saturated heterocycles. The first-order valence-electron chi connectivity index (χ1n) is 6.68. The van der Waals surface area contributed by atoms with Gasteiger partial charge in [0.15, 0.2) is 5.69 Å². The highest BCUT2D eigenvalue weighted by molar-refractivity contribution is 5.84. The van der Waals surface area contributed by atoms with Crippen molar-refractivity contribution >= 4 is 11.9 Å². The molecule has 1 aromatic rings. The lowest BCUT2D eigenvalue weighted by molar-refractivity contribution is -0.138. The van der Waals surface area contributed by atoms with Crippen LogP contribution in [0.2, 0.25) is 0 Å². The summed E-state index contributed by atoms with van der Waals surface area (Å²) in [6.07, 6.45) is 2.76. The van der Waals surface area contributed by atoms with Crippen LogP contribution in [0.5, 0.6) is 0 Å². The van der Waals surface area contributed by atoms with E-state index >= 15 is 0 Å². The van der Waals surface area contributed by atoms with Crippen LogP contribution < -0.4 is 5.73 Å². The van der Waals surface area contributed by atoms with Crippen LogP contribution in [0, 0.1) is 5.92 Å². The third kappa shape index (κ3) is 2.96. The fourth-order valence-electron chi connectivity index (χ4n) is 2.15. The Balaban J connectivity index is 1.84. The molecule has 1 unspecified atom stereocenters. The molecule has 0 spiro atoms. The average Bonchev–Trinajstić information content (AvgIpc) is 2.83. The van der Waals surface area contributed by atoms with Crippen molar-refractivity contribution in [3.8, 4) is 0 Å². The van der Waals surface area contributed by atoms with E-state index in [0.717, 1.165) is 6.42 Å². The minimum absolute atomic E-state index is 0.0116. The Morgan fingerprint density at radius 3 is 2.75 bits per heavy atom. The number of nitrogens with two attached hydrogens (primary N) is 1. The zero-order valence-corrected chi connectivity index (χ0v) is 11.4. The van der Waals surface area contributed by atoms with Gasteiger partial charge >= 0.3 is 5.97 Å². The van der Waals surface area contributed by atoms with E-state index in [2.05, 4.69) is 10.3 Å². The molecule has 2 heterocycles. The lowest BCUT2D eigenvalue weighted by Gasteiger charge is -2.39. The molecule has 0 bridgehead atoms. The van der Waals surface area contributed by atoms with Crippen LogP contribution in [-0.4, -0.2) is 56.5 Å². The molecule has 3 N–H and O–H groups in total. The molecular weight excluding hydrogens is 262 g/mol. The number of hydrogen-bond acceptors (Lipinski definition) is 5. The number of aromatic carboxylic acids is 1. The molecule has 110 valence electrons. The number of nitrogens with zero attached hydrogens (tertiary/aromatic N) is 4. The zero-order chi connectivity index (χ0) is 14.7. The van der Waals surface area contributed by atoms with E-state index in [1.54, 1.807) is 4.90 Å². The number of carbonyl (C=O) groups is 2. The van der Waals surface area contributed by atoms with Crippen LogP contribution in [-0.2, 0) is 4.79 Å². The molecule has 1 fully saturated rings. The molecule has 1 aliphatic rings. The van der Waals surface area contributed by atoms with E-state index in [1.165, 1.54) is 10.9 Å². The second-order valence-corrected chi connectivity index (χ2v) is 5.06. The third-order valence-corrected chi connectivity index (χ3v) is 3.69. The monoisotopic (exact) mass is 281 g/mol. The fourth-order valence-corrected chi connectivity index (χ4v) is 2.15. The van der Waals surface area contributed by atoms with Gasteiger partial charge in [-0.25, -0.2) is 9.48 Å². The molecule has 1 atom stereocenters. The normalized spacial score (nSPS) is 16.8. The summed E-state index contributed by atoms with van der Waals surface area (Å²) in [5, 5.41) is 16.1. The molecule has 1 aliphatic heterocycles. The summed E-state index contributed by atoms with van der Waals surface area (Å²) in [7, 11) is 0. The second-order valence-electron chi connectivity index (χ2n) is 5.06. The molecule has 8 heteroatoms. The van der Waals surface area contributed by atoms with Crippen molar-refractivity contribution in [3.63, 3.8) is 0 Å². The number of hydrogen-bond donors (Lipinski definition) is 2. The van der Waals surface area contributed by atoms with Gasteiger partial charge < -0.3 is 15.7 Å². The molecule has 0 aromatic carbocycles. The van der Waals surface area contributed by atoms with Crippen LogP contribution >= 0.6 is 0 Å². The molecule has 2 rings (SSSR count). The number of aromatic nitrogens is 3. The largest absolute Gasteiger partial charge is 0.476 e. The first-order valence-corrected chi connectivity index (χ1v) is 6.68. The first-order chi connectivity index (χ1) is 9.55. The summed E-state index contributed by atoms with van der Waals surface area (Å²) in [6, 6.07) is 0.0116. The summed E-state index contributed by atoms with van der Waals surface area (Å²) >= 11 is 0. The quantitative estimate of drug-likeness (QED) is 0.742. The lowest BCUT2D eigenvalue weighted by Crippen LogP contribution is -2.51. The highest BCUT2D eigenvalue weighted by Crippen LogP contribution is 2.22. The molecule has 0 aliphatic carbocycles. The number of likely N-dealkylation sites (tertiary alicyclic amines) is 1. The predicted octanol–water partition coefficient (Wildman–Crippen LogP) is -0.265. The Morgan fingerprint density at radius 2 is 2.25 bits per heavy atom. The maximum Gasteiger partial charge on any atom is 0.358 e. The SMILES string of the molecule is CCC(CN)CC(=O)N1CC(n2cc(C(=O)O)nn2)C1. The van der Waals surface area contributed by atoms with Crippen molar-refractivity contribution in [2.75, 3.05) is 19.6 Å². The number of carboxylic acids is 1. The van der Waals surface area contributed by atoms with E-state index < -0.39 is 5.97 Å². The van der Waals surface area contributed by atoms with E-state index in [4.69, 9.17) is 10.8 Å². The highest BCUT2D eigenvalue weighted by Gasteiger charge is 2.33. The van der Waals surface area contributed by atoms with Crippen LogP contribution in [0.4, 0.5) is 0 Å². The van der Waals surface area contributed by atoms with Crippen molar-refractivity contribution < 1.29 is 14.7 Å². The van der Waals surface area contributed by atoms with Crippen LogP contribution in [0.3, 0.4) is 0 Å². The van der Waals surface area contributed by atoms with Crippen molar-refractivity contribution in [1.29, 1.82) is 0 Å². The molecule has 1 aromatic heterocycles. The summed E-state index contributed by atoms with van der Waals surface area (Å²) in [5.74, 6) is -0.777. The van der Waals surface area contributed by atoms with Gasteiger partial charge in [-0.1, -0.05) is 18.6 Å². The summed E-state index contributed by atoms with van der Waals surface area (Å²) < 4.78 is 1.51. The molecule has 1 amide bonds. The molecule has 8 nitrogen and oxygen atoms in total. The molecule has 0 radical (unpaired) electrons. The van der Waals surface area contributed by atoms with Crippen molar-refractivity contribution in [3.05, 3.63) is 11.9 Å². The molecule has 20 heavy (non-hydrogen) atoms. The lowest BCUT2D eigenvalue weighted by atomic mass is 10.00. The standard InChI is InChI=1S/C12H19N5O3/c1-2-8(4-13)3-11(18)16-5-9(6-16)17-7-10(12(19)20)14-15-17/h7-9H,2-6,13H2,1H3,(H,19,20). The van der Waals surface area contributed by atoms with Gasteiger partial charge in [0, 0.05) is 19.5 Å². The minimum atomic E-state index is -1.10. The van der Waals surface area contributed by atoms with Gasteiger partial charge in [-0.05, 0) is 12.5 Å². The Kier molecular flexibility index (Phi) is 4.33. The predicted molar refractivity (Wildman–Crippen MR) is 70.1 cm³/mol. The summed E-state index contributed by atoms with van der Waals surface area (Å²) in [5.41, 5.74) is 5.51. The Morgan fingerprint density at radius 1 is 1.55 bits per heavy atom. The van der Waals surface area contributed by atoms with Gasteiger partial charge in [-0.2, -0.15) is 0 Å². The molecular formula is C12H19N5O3. The van der Waals surface area contributed by atoms with Gasteiger partial charge in [0.1, 0.15) is 0 Å². The van der Waals surface area contributed by atoms with E-state index in [-0.39, 0.29) is 23.6 Å². The van der Waals surface area contributed by atoms with Gasteiger partial charge in [-0.3, -0.25) is 4.79 Å². The van der Waals surface area contributed by atoms with E-state index in [1.807, 2.05) is 6.92 Å². The third-order valence-electron chi connectivity index (χ3n) is 3.69. The Hall–Kier alpha value is -1.96. The van der Waals surface area contributed by atoms with Crippen molar-refractivity contribution in [2.24, 2.45) is 11.7 Å². The number of carboxylic acid groups (broad SMARTS) is 1. The van der Waals surface area contributed by atoms with Crippen LogP contribution in [0.25, 0.3) is 0 Å². The second kappa shape index (κ2) is 6.00. The number of amides is 1. The van der Waals surface area contributed by atoms with E-state index in [0.29, 0.717) is 26.1 Å². The van der Waals surface area contributed by atoms with Gasteiger partial charge in [0.25, 0.3) is 0 Å². The summed E-state index contributed by atoms with van der Waals surface area (Å²) in [4.78, 5) is 24.4. The smallest absolute Gasteiger partial charge is 0.358 e. The van der Waals surface area contributed by atoms with Gasteiger partial charge in [0.05, 0.1) is 12.2 Å². The van der Waals surface area contributed by atoms with Crippen molar-refractivity contribution in [1.82, 2.24) is 19.9 Å². The van der Waals surface area contributed by atoms with Crippen molar-refractivity contribution in [2.45, 2.75) is 25.8 Å². The fraction of sp³-hybridized carbons (Fsp3) is 0.667. The Bertz CT molecular complexity index is 491. The minimum Gasteiger partial charge on any atom is -0.476 e. The highest BCUT2D eigenvalue weighted by atomic mass is 16.4. The average molecular weight is 281 g/mol. The topological polar surface area (TPSA) is 114 Å². The first kappa shape index (κ1) is 14.4. The maximum absolute atomic E-state index is 12.0. The van der Waals surface area contributed by atoms with Gasteiger partial charge in [0.2, 0.25) is 5.91 Å². The Labute approximate surface area is 116 Å². The molecule has 0 saturated carbocycles. The summed E-state index contributed by atoms with van der Waals surface area (Å²) in [6.45, 7) is 3.63. The van der Waals surface area contributed by atoms with Gasteiger partial charge in [-0.15, -0.1) is 5.10 Å². The van der Waals surface area contributed by atoms with Crippen LogP contribution in [0.15, 0.2) is 6.20 Å².